The second-order valence-electron chi connectivity index (χ2n) is 6.36. The number of ether oxygens (including phenoxy) is 1. The van der Waals surface area contributed by atoms with Crippen LogP contribution in [0.25, 0.3) is 0 Å². The first-order valence-electron chi connectivity index (χ1n) is 8.37. The van der Waals surface area contributed by atoms with Crippen LogP contribution in [-0.2, 0) is 6.42 Å². The summed E-state index contributed by atoms with van der Waals surface area (Å²) in [4.78, 5) is 13.3. The van der Waals surface area contributed by atoms with Gasteiger partial charge >= 0.3 is 0 Å². The van der Waals surface area contributed by atoms with E-state index in [4.69, 9.17) is 4.74 Å². The molecule has 1 aromatic heterocycles. The second kappa shape index (κ2) is 6.37. The number of fused-ring (bicyclic) bond motifs is 1. The molecule has 0 saturated carbocycles. The maximum atomic E-state index is 10.7. The predicted octanol–water partition coefficient (Wildman–Crippen LogP) is 1.27. The van der Waals surface area contributed by atoms with Crippen LogP contribution in [0, 0.1) is 0 Å². The lowest BCUT2D eigenvalue weighted by Crippen LogP contribution is -2.51. The molecule has 2 aromatic rings. The van der Waals surface area contributed by atoms with Gasteiger partial charge in [-0.1, -0.05) is 24.3 Å². The summed E-state index contributed by atoms with van der Waals surface area (Å²) in [6, 6.07) is 8.40. The van der Waals surface area contributed by atoms with Crippen LogP contribution >= 0.6 is 0 Å². The van der Waals surface area contributed by atoms with Crippen LogP contribution in [-0.4, -0.2) is 59.3 Å². The van der Waals surface area contributed by atoms with Crippen molar-refractivity contribution in [2.24, 2.45) is 0 Å². The molecule has 0 unspecified atom stereocenters. The lowest BCUT2D eigenvalue weighted by atomic mass is 10.1. The maximum Gasteiger partial charge on any atom is 0.233 e. The summed E-state index contributed by atoms with van der Waals surface area (Å²) in [5, 5.41) is 10.7. The number of aromatic nitrogens is 2. The van der Waals surface area contributed by atoms with Crippen molar-refractivity contribution in [1.82, 2.24) is 14.9 Å². The Morgan fingerprint density at radius 3 is 2.67 bits per heavy atom. The molecule has 126 valence electrons. The van der Waals surface area contributed by atoms with Crippen molar-refractivity contribution in [1.29, 1.82) is 0 Å². The Kier molecular flexibility index (Phi) is 4.08. The molecule has 2 heterocycles. The Morgan fingerprint density at radius 1 is 1.12 bits per heavy atom. The largest absolute Gasteiger partial charge is 0.480 e. The van der Waals surface area contributed by atoms with E-state index in [0.717, 1.165) is 44.0 Å². The third-order valence-electron chi connectivity index (χ3n) is 5.08. The van der Waals surface area contributed by atoms with Crippen molar-refractivity contribution in [2.45, 2.75) is 18.6 Å². The van der Waals surface area contributed by atoms with Crippen LogP contribution in [0.2, 0.25) is 0 Å². The number of hydrogen-bond donors (Lipinski definition) is 1. The molecular weight excluding hydrogens is 304 g/mol. The van der Waals surface area contributed by atoms with Gasteiger partial charge in [0.1, 0.15) is 0 Å². The zero-order valence-electron chi connectivity index (χ0n) is 13.8. The van der Waals surface area contributed by atoms with Crippen molar-refractivity contribution < 1.29 is 9.84 Å². The zero-order valence-corrected chi connectivity index (χ0v) is 13.8. The number of nitrogens with zero attached hydrogens (tertiary/aromatic N) is 4. The van der Waals surface area contributed by atoms with Gasteiger partial charge in [-0.2, -0.15) is 4.98 Å². The lowest BCUT2D eigenvalue weighted by molar-refractivity contribution is 0.0571. The third kappa shape index (κ3) is 2.72. The highest BCUT2D eigenvalue weighted by Gasteiger charge is 2.36. The standard InChI is InChI=1S/C18H22N4O2/c1-24-17-12-19-11-16(20-17)22-8-6-21(7-9-22)15-10-13-4-2-3-5-14(13)18(15)23/h2-5,11-12,15,18,23H,6-10H2,1H3/t15-,18-/m1/s1. The molecule has 4 rings (SSSR count). The van der Waals surface area contributed by atoms with Crippen LogP contribution in [0.3, 0.4) is 0 Å². The van der Waals surface area contributed by atoms with E-state index in [0.29, 0.717) is 5.88 Å². The van der Waals surface area contributed by atoms with E-state index in [1.54, 1.807) is 19.5 Å². The SMILES string of the molecule is COc1cncc(N2CCN([C@@H]3Cc4ccccc4[C@H]3O)CC2)n1. The number of methoxy groups -OCH3 is 1. The summed E-state index contributed by atoms with van der Waals surface area (Å²) >= 11 is 0. The molecule has 24 heavy (non-hydrogen) atoms. The summed E-state index contributed by atoms with van der Waals surface area (Å²) < 4.78 is 5.15. The average molecular weight is 326 g/mol. The van der Waals surface area contributed by atoms with E-state index < -0.39 is 0 Å². The lowest BCUT2D eigenvalue weighted by Gasteiger charge is -2.39. The highest BCUT2D eigenvalue weighted by Crippen LogP contribution is 2.34. The van der Waals surface area contributed by atoms with Crippen molar-refractivity contribution in [3.05, 3.63) is 47.8 Å². The Hall–Kier alpha value is -2.18. The number of rotatable bonds is 3. The molecule has 6 nitrogen and oxygen atoms in total. The minimum absolute atomic E-state index is 0.181. The summed E-state index contributed by atoms with van der Waals surface area (Å²) in [6.07, 6.45) is 3.94. The van der Waals surface area contributed by atoms with Crippen molar-refractivity contribution in [2.75, 3.05) is 38.2 Å². The Labute approximate surface area is 141 Å². The molecule has 1 saturated heterocycles. The molecule has 2 aliphatic rings. The van der Waals surface area contributed by atoms with Gasteiger partial charge in [-0.15, -0.1) is 0 Å². The van der Waals surface area contributed by atoms with Crippen LogP contribution in [0.15, 0.2) is 36.7 Å². The van der Waals surface area contributed by atoms with E-state index in [1.807, 2.05) is 18.2 Å². The molecule has 0 bridgehead atoms. The molecule has 1 aliphatic carbocycles. The van der Waals surface area contributed by atoms with E-state index >= 15 is 0 Å². The smallest absolute Gasteiger partial charge is 0.233 e. The van der Waals surface area contributed by atoms with Gasteiger partial charge in [0.25, 0.3) is 0 Å². The summed E-state index contributed by atoms with van der Waals surface area (Å²) in [6.45, 7) is 3.58. The number of piperazine rings is 1. The van der Waals surface area contributed by atoms with Gasteiger partial charge in [-0.3, -0.25) is 9.88 Å². The quantitative estimate of drug-likeness (QED) is 0.916. The van der Waals surface area contributed by atoms with Gasteiger partial charge < -0.3 is 14.7 Å². The van der Waals surface area contributed by atoms with Crippen molar-refractivity contribution >= 4 is 5.82 Å². The highest BCUT2D eigenvalue weighted by molar-refractivity contribution is 5.39. The van der Waals surface area contributed by atoms with Gasteiger partial charge in [0.15, 0.2) is 5.82 Å². The fourth-order valence-corrected chi connectivity index (χ4v) is 3.75. The van der Waals surface area contributed by atoms with Gasteiger partial charge in [0.2, 0.25) is 5.88 Å². The zero-order chi connectivity index (χ0) is 16.5. The van der Waals surface area contributed by atoms with Crippen LogP contribution < -0.4 is 9.64 Å². The summed E-state index contributed by atoms with van der Waals surface area (Å²) in [5.74, 6) is 1.39. The van der Waals surface area contributed by atoms with Gasteiger partial charge in [0, 0.05) is 32.2 Å². The molecule has 1 fully saturated rings. The summed E-state index contributed by atoms with van der Waals surface area (Å²) in [5.41, 5.74) is 2.36. The molecule has 1 N–H and O–H groups in total. The molecule has 0 spiro atoms. The first kappa shape index (κ1) is 15.4. The molecular formula is C18H22N4O2. The van der Waals surface area contributed by atoms with E-state index in [-0.39, 0.29) is 12.1 Å². The fourth-order valence-electron chi connectivity index (χ4n) is 3.75. The highest BCUT2D eigenvalue weighted by atomic mass is 16.5. The van der Waals surface area contributed by atoms with Gasteiger partial charge in [0.05, 0.1) is 25.6 Å². The van der Waals surface area contributed by atoms with E-state index in [2.05, 4.69) is 25.8 Å². The fraction of sp³-hybridized carbons (Fsp3) is 0.444. The van der Waals surface area contributed by atoms with Gasteiger partial charge in [-0.05, 0) is 17.5 Å². The average Bonchev–Trinajstić information content (AvgIpc) is 2.99. The Morgan fingerprint density at radius 2 is 1.92 bits per heavy atom. The van der Waals surface area contributed by atoms with Crippen LogP contribution in [0.4, 0.5) is 5.82 Å². The van der Waals surface area contributed by atoms with E-state index in [1.165, 1.54) is 5.56 Å². The van der Waals surface area contributed by atoms with Crippen molar-refractivity contribution in [3.63, 3.8) is 0 Å². The second-order valence-corrected chi connectivity index (χ2v) is 6.36. The minimum atomic E-state index is -0.385. The Balaban J connectivity index is 1.42. The molecule has 1 aliphatic heterocycles. The first-order chi connectivity index (χ1) is 11.8. The first-order valence-corrected chi connectivity index (χ1v) is 8.37. The number of aliphatic hydroxyl groups excluding tert-OH is 1. The minimum Gasteiger partial charge on any atom is -0.480 e. The van der Waals surface area contributed by atoms with Crippen LogP contribution in [0.5, 0.6) is 5.88 Å². The number of benzene rings is 1. The summed E-state index contributed by atoms with van der Waals surface area (Å²) in [7, 11) is 1.60. The van der Waals surface area contributed by atoms with Gasteiger partial charge in [-0.25, -0.2) is 0 Å². The molecule has 0 radical (unpaired) electrons. The normalized spacial score (nSPS) is 24.0. The topological polar surface area (TPSA) is 61.7 Å². The molecule has 6 heteroatoms. The maximum absolute atomic E-state index is 10.7. The number of anilines is 1. The number of aliphatic hydroxyl groups is 1. The molecule has 2 atom stereocenters. The number of hydrogen-bond acceptors (Lipinski definition) is 6. The van der Waals surface area contributed by atoms with Crippen LogP contribution in [0.1, 0.15) is 17.2 Å². The predicted molar refractivity (Wildman–Crippen MR) is 91.3 cm³/mol. The molecule has 1 aromatic carbocycles. The van der Waals surface area contributed by atoms with Crippen molar-refractivity contribution in [3.8, 4) is 5.88 Å². The monoisotopic (exact) mass is 326 g/mol. The van der Waals surface area contributed by atoms with E-state index in [9.17, 15) is 5.11 Å². The third-order valence-corrected chi connectivity index (χ3v) is 5.08. The molecule has 0 amide bonds. The Bertz CT molecular complexity index is 716.